The van der Waals surface area contributed by atoms with Crippen molar-refractivity contribution in [3.8, 4) is 0 Å². The fourth-order valence-electron chi connectivity index (χ4n) is 1.70. The van der Waals surface area contributed by atoms with E-state index in [-0.39, 0.29) is 6.04 Å². The standard InChI is InChI=1S/C14H15BrClN3S/c15-10-4-5-12(18-8-10)7-13(19-17)9-20-14-3-1-2-11(16)6-14/h1-6,8,13,19H,7,9,17H2. The summed E-state index contributed by atoms with van der Waals surface area (Å²) in [5, 5.41) is 0.752. The molecule has 1 atom stereocenters. The maximum atomic E-state index is 5.97. The lowest BCUT2D eigenvalue weighted by Gasteiger charge is -2.15. The van der Waals surface area contributed by atoms with Gasteiger partial charge in [-0.2, -0.15) is 0 Å². The molecule has 1 unspecified atom stereocenters. The van der Waals surface area contributed by atoms with Crippen LogP contribution in [0.4, 0.5) is 0 Å². The van der Waals surface area contributed by atoms with Crippen LogP contribution in [0.5, 0.6) is 0 Å². The van der Waals surface area contributed by atoms with Crippen molar-refractivity contribution in [1.29, 1.82) is 0 Å². The van der Waals surface area contributed by atoms with E-state index in [2.05, 4.69) is 26.3 Å². The van der Waals surface area contributed by atoms with Crippen molar-refractivity contribution < 1.29 is 0 Å². The molecular weight excluding hydrogens is 358 g/mol. The van der Waals surface area contributed by atoms with Gasteiger partial charge in [0.15, 0.2) is 0 Å². The first-order valence-corrected chi connectivity index (χ1v) is 8.28. The van der Waals surface area contributed by atoms with Crippen LogP contribution in [-0.2, 0) is 6.42 Å². The Hall–Kier alpha value is -0.590. The summed E-state index contributed by atoms with van der Waals surface area (Å²) in [6.07, 6.45) is 2.59. The molecule has 6 heteroatoms. The summed E-state index contributed by atoms with van der Waals surface area (Å²) < 4.78 is 0.979. The Morgan fingerprint density at radius 1 is 1.35 bits per heavy atom. The molecule has 2 aromatic rings. The molecule has 3 nitrogen and oxygen atoms in total. The molecule has 2 rings (SSSR count). The third-order valence-corrected chi connectivity index (χ3v) is 4.59. The van der Waals surface area contributed by atoms with Crippen LogP contribution in [0.3, 0.4) is 0 Å². The smallest absolute Gasteiger partial charge is 0.0420 e. The van der Waals surface area contributed by atoms with Gasteiger partial charge in [0, 0.05) is 44.5 Å². The first-order chi connectivity index (χ1) is 9.67. The number of rotatable bonds is 6. The summed E-state index contributed by atoms with van der Waals surface area (Å²) in [5.74, 6) is 6.47. The van der Waals surface area contributed by atoms with Crippen LogP contribution in [0.25, 0.3) is 0 Å². The largest absolute Gasteiger partial charge is 0.271 e. The maximum absolute atomic E-state index is 5.97. The molecule has 106 valence electrons. The summed E-state index contributed by atoms with van der Waals surface area (Å²) >= 11 is 11.1. The molecule has 0 saturated carbocycles. The SMILES string of the molecule is NNC(CSc1cccc(Cl)c1)Cc1ccc(Br)cn1. The highest BCUT2D eigenvalue weighted by atomic mass is 79.9. The minimum Gasteiger partial charge on any atom is -0.271 e. The van der Waals surface area contributed by atoms with E-state index in [0.717, 1.165) is 32.3 Å². The number of halogens is 2. The Morgan fingerprint density at radius 2 is 2.20 bits per heavy atom. The summed E-state index contributed by atoms with van der Waals surface area (Å²) in [5.41, 5.74) is 3.86. The number of benzene rings is 1. The van der Waals surface area contributed by atoms with Crippen molar-refractivity contribution >= 4 is 39.3 Å². The highest BCUT2D eigenvalue weighted by Crippen LogP contribution is 2.22. The number of nitrogens with two attached hydrogens (primary N) is 1. The van der Waals surface area contributed by atoms with Gasteiger partial charge < -0.3 is 0 Å². The van der Waals surface area contributed by atoms with E-state index in [1.807, 2.05) is 36.4 Å². The minimum absolute atomic E-state index is 0.160. The highest BCUT2D eigenvalue weighted by molar-refractivity contribution is 9.10. The lowest BCUT2D eigenvalue weighted by atomic mass is 10.2. The van der Waals surface area contributed by atoms with Gasteiger partial charge in [-0.05, 0) is 46.3 Å². The topological polar surface area (TPSA) is 50.9 Å². The highest BCUT2D eigenvalue weighted by Gasteiger charge is 2.09. The van der Waals surface area contributed by atoms with Gasteiger partial charge in [0.25, 0.3) is 0 Å². The zero-order valence-corrected chi connectivity index (χ0v) is 13.9. The molecule has 1 heterocycles. The average Bonchev–Trinajstić information content (AvgIpc) is 2.45. The molecule has 0 bridgehead atoms. The molecule has 0 spiro atoms. The van der Waals surface area contributed by atoms with E-state index in [4.69, 9.17) is 17.4 Å². The van der Waals surface area contributed by atoms with Gasteiger partial charge in [0.2, 0.25) is 0 Å². The molecule has 20 heavy (non-hydrogen) atoms. The second-order valence-corrected chi connectivity index (χ2v) is 6.75. The molecule has 3 N–H and O–H groups in total. The molecule has 0 fully saturated rings. The molecule has 0 aliphatic rings. The van der Waals surface area contributed by atoms with Gasteiger partial charge >= 0.3 is 0 Å². The van der Waals surface area contributed by atoms with Crippen molar-refractivity contribution in [2.75, 3.05) is 5.75 Å². The fraction of sp³-hybridized carbons (Fsp3) is 0.214. The average molecular weight is 373 g/mol. The van der Waals surface area contributed by atoms with E-state index in [0.29, 0.717) is 0 Å². The van der Waals surface area contributed by atoms with Gasteiger partial charge in [-0.1, -0.05) is 17.7 Å². The predicted octanol–water partition coefficient (Wildman–Crippen LogP) is 3.66. The van der Waals surface area contributed by atoms with Gasteiger partial charge in [-0.3, -0.25) is 16.3 Å². The van der Waals surface area contributed by atoms with Crippen LogP contribution in [-0.4, -0.2) is 16.8 Å². The third-order valence-electron chi connectivity index (χ3n) is 2.73. The molecular formula is C14H15BrClN3S. The van der Waals surface area contributed by atoms with E-state index in [9.17, 15) is 0 Å². The van der Waals surface area contributed by atoms with Crippen molar-refractivity contribution in [3.63, 3.8) is 0 Å². The summed E-state index contributed by atoms with van der Waals surface area (Å²) in [6, 6.07) is 12.0. The molecule has 0 aliphatic heterocycles. The van der Waals surface area contributed by atoms with Gasteiger partial charge in [0.05, 0.1) is 0 Å². The number of thioether (sulfide) groups is 1. The third kappa shape index (κ3) is 5.07. The Bertz CT molecular complexity index is 550. The normalized spacial score (nSPS) is 12.3. The minimum atomic E-state index is 0.160. The van der Waals surface area contributed by atoms with Gasteiger partial charge in [-0.25, -0.2) is 0 Å². The lowest BCUT2D eigenvalue weighted by Crippen LogP contribution is -2.38. The number of hydrogen-bond donors (Lipinski definition) is 2. The number of nitrogens with zero attached hydrogens (tertiary/aromatic N) is 1. The van der Waals surface area contributed by atoms with Crippen LogP contribution in [0.15, 0.2) is 52.0 Å². The molecule has 0 amide bonds. The quantitative estimate of drug-likeness (QED) is 0.461. The van der Waals surface area contributed by atoms with Crippen molar-refractivity contribution in [2.24, 2.45) is 5.84 Å². The number of pyridine rings is 1. The van der Waals surface area contributed by atoms with Crippen LogP contribution in [0.1, 0.15) is 5.69 Å². The Kier molecular flexibility index (Phi) is 6.32. The predicted molar refractivity (Wildman–Crippen MR) is 88.9 cm³/mol. The Morgan fingerprint density at radius 3 is 2.85 bits per heavy atom. The zero-order chi connectivity index (χ0) is 14.4. The maximum Gasteiger partial charge on any atom is 0.0420 e. The number of nitrogens with one attached hydrogen (secondary N) is 1. The number of hydrazine groups is 1. The number of hydrogen-bond acceptors (Lipinski definition) is 4. The first kappa shape index (κ1) is 15.8. The lowest BCUT2D eigenvalue weighted by molar-refractivity contribution is 0.569. The van der Waals surface area contributed by atoms with Crippen molar-refractivity contribution in [3.05, 3.63) is 57.8 Å². The Labute approximate surface area is 136 Å². The van der Waals surface area contributed by atoms with Crippen LogP contribution >= 0.6 is 39.3 Å². The second-order valence-electron chi connectivity index (χ2n) is 4.30. The summed E-state index contributed by atoms with van der Waals surface area (Å²) in [4.78, 5) is 5.50. The van der Waals surface area contributed by atoms with Gasteiger partial charge in [-0.15, -0.1) is 11.8 Å². The monoisotopic (exact) mass is 371 g/mol. The molecule has 0 saturated heterocycles. The second kappa shape index (κ2) is 8.00. The zero-order valence-electron chi connectivity index (χ0n) is 10.7. The van der Waals surface area contributed by atoms with E-state index in [1.165, 1.54) is 0 Å². The Balaban J connectivity index is 1.90. The van der Waals surface area contributed by atoms with E-state index in [1.54, 1.807) is 18.0 Å². The molecule has 1 aromatic heterocycles. The van der Waals surface area contributed by atoms with E-state index >= 15 is 0 Å². The fourth-order valence-corrected chi connectivity index (χ4v) is 3.18. The first-order valence-electron chi connectivity index (χ1n) is 6.12. The summed E-state index contributed by atoms with van der Waals surface area (Å²) in [7, 11) is 0. The molecule has 1 aromatic carbocycles. The van der Waals surface area contributed by atoms with Gasteiger partial charge in [0.1, 0.15) is 0 Å². The number of aromatic nitrogens is 1. The van der Waals surface area contributed by atoms with Crippen LogP contribution in [0.2, 0.25) is 5.02 Å². The van der Waals surface area contributed by atoms with E-state index < -0.39 is 0 Å². The summed E-state index contributed by atoms with van der Waals surface area (Å²) in [6.45, 7) is 0. The van der Waals surface area contributed by atoms with Crippen molar-refractivity contribution in [1.82, 2.24) is 10.4 Å². The van der Waals surface area contributed by atoms with Crippen molar-refractivity contribution in [2.45, 2.75) is 17.4 Å². The molecule has 0 radical (unpaired) electrons. The molecule has 0 aliphatic carbocycles. The van der Waals surface area contributed by atoms with Crippen LogP contribution < -0.4 is 11.3 Å². The van der Waals surface area contributed by atoms with Crippen LogP contribution in [0, 0.1) is 0 Å².